The van der Waals surface area contributed by atoms with Gasteiger partial charge in [-0.3, -0.25) is 14.9 Å². The molecule has 9 heteroatoms. The van der Waals surface area contributed by atoms with Crippen molar-refractivity contribution in [2.45, 2.75) is 26.3 Å². The minimum Gasteiger partial charge on any atom is -0.452 e. The van der Waals surface area contributed by atoms with Gasteiger partial charge in [0.05, 0.1) is 17.1 Å². The van der Waals surface area contributed by atoms with Crippen LogP contribution in [0.1, 0.15) is 30.6 Å². The van der Waals surface area contributed by atoms with E-state index in [9.17, 15) is 19.7 Å². The predicted octanol–water partition coefficient (Wildman–Crippen LogP) is 1.07. The molecule has 1 amide bonds. The number of nitrogens with zero attached hydrogens (tertiary/aromatic N) is 1. The first kappa shape index (κ1) is 19.4. The molecule has 1 aromatic rings. The third-order valence-corrected chi connectivity index (χ3v) is 3.22. The van der Waals surface area contributed by atoms with Crippen LogP contribution < -0.4 is 10.6 Å². The highest BCUT2D eigenvalue weighted by molar-refractivity contribution is 5.97. The van der Waals surface area contributed by atoms with E-state index in [-0.39, 0.29) is 36.1 Å². The Kier molecular flexibility index (Phi) is 7.63. The van der Waals surface area contributed by atoms with Gasteiger partial charge in [0.15, 0.2) is 6.61 Å². The summed E-state index contributed by atoms with van der Waals surface area (Å²) in [6.45, 7) is 3.22. The van der Waals surface area contributed by atoms with Gasteiger partial charge in [0.2, 0.25) is 0 Å². The van der Waals surface area contributed by atoms with Crippen LogP contribution in [0.3, 0.4) is 0 Å². The second-order valence-electron chi connectivity index (χ2n) is 5.09. The van der Waals surface area contributed by atoms with Crippen LogP contribution in [0, 0.1) is 10.1 Å². The quantitative estimate of drug-likeness (QED) is 0.348. The Labute approximate surface area is 139 Å². The number of rotatable bonds is 9. The zero-order valence-electron chi connectivity index (χ0n) is 13.6. The Balaban J connectivity index is 2.84. The molecule has 0 spiro atoms. The molecule has 1 atom stereocenters. The van der Waals surface area contributed by atoms with Gasteiger partial charge in [0.25, 0.3) is 11.6 Å². The summed E-state index contributed by atoms with van der Waals surface area (Å²) >= 11 is 0. The first-order chi connectivity index (χ1) is 11.4. The maximum absolute atomic E-state index is 12.1. The second-order valence-corrected chi connectivity index (χ2v) is 5.09. The van der Waals surface area contributed by atoms with Crippen molar-refractivity contribution in [1.29, 1.82) is 0 Å². The number of nitrogens with one attached hydrogen (secondary N) is 2. The molecule has 1 rings (SSSR count). The molecule has 9 nitrogen and oxygen atoms in total. The van der Waals surface area contributed by atoms with Gasteiger partial charge >= 0.3 is 5.97 Å². The minimum atomic E-state index is -0.863. The lowest BCUT2D eigenvalue weighted by Crippen LogP contribution is -2.35. The first-order valence-electron chi connectivity index (χ1n) is 7.48. The number of benzene rings is 1. The highest BCUT2D eigenvalue weighted by Crippen LogP contribution is 2.23. The molecule has 3 N–H and O–H groups in total. The summed E-state index contributed by atoms with van der Waals surface area (Å²) in [7, 11) is 0. The second kappa shape index (κ2) is 9.46. The van der Waals surface area contributed by atoms with Crippen molar-refractivity contribution in [2.24, 2.45) is 0 Å². The van der Waals surface area contributed by atoms with Crippen molar-refractivity contribution in [3.05, 3.63) is 33.9 Å². The molecular weight excluding hydrogens is 318 g/mol. The van der Waals surface area contributed by atoms with Gasteiger partial charge in [-0.1, -0.05) is 6.92 Å². The van der Waals surface area contributed by atoms with Gasteiger partial charge in [-0.25, -0.2) is 4.79 Å². The fourth-order valence-electron chi connectivity index (χ4n) is 1.79. The Bertz CT molecular complexity index is 605. The maximum atomic E-state index is 12.1. The van der Waals surface area contributed by atoms with Gasteiger partial charge in [-0.2, -0.15) is 0 Å². The summed E-state index contributed by atoms with van der Waals surface area (Å²) in [5.74, 6) is -1.31. The van der Waals surface area contributed by atoms with E-state index >= 15 is 0 Å². The highest BCUT2D eigenvalue weighted by Gasteiger charge is 2.19. The molecule has 0 radical (unpaired) electrons. The lowest BCUT2D eigenvalue weighted by molar-refractivity contribution is -0.384. The fourth-order valence-corrected chi connectivity index (χ4v) is 1.79. The number of amides is 1. The standard InChI is InChI=1S/C15H21N3O6/c1-3-10(2)17-14(20)9-24-15(21)12-8-11(18(22)23)4-5-13(12)16-6-7-19/h4-5,8,10,16,19H,3,6-7,9H2,1-2H3,(H,17,20)/t10-/m1/s1. The van der Waals surface area contributed by atoms with Gasteiger partial charge < -0.3 is 20.5 Å². The molecule has 0 bridgehead atoms. The van der Waals surface area contributed by atoms with E-state index in [0.717, 1.165) is 12.5 Å². The summed E-state index contributed by atoms with van der Waals surface area (Å²) in [4.78, 5) is 34.0. The van der Waals surface area contributed by atoms with Crippen molar-refractivity contribution in [2.75, 3.05) is 25.1 Å². The summed E-state index contributed by atoms with van der Waals surface area (Å²) < 4.78 is 4.91. The molecule has 0 fully saturated rings. The molecule has 0 aliphatic heterocycles. The molecule has 132 valence electrons. The van der Waals surface area contributed by atoms with Crippen LogP contribution in [0.5, 0.6) is 0 Å². The van der Waals surface area contributed by atoms with Crippen molar-refractivity contribution in [3.8, 4) is 0 Å². The van der Waals surface area contributed by atoms with Gasteiger partial charge in [0, 0.05) is 30.4 Å². The number of esters is 1. The van der Waals surface area contributed by atoms with Crippen LogP contribution in [0.25, 0.3) is 0 Å². The zero-order valence-corrected chi connectivity index (χ0v) is 13.6. The zero-order chi connectivity index (χ0) is 18.1. The van der Waals surface area contributed by atoms with Crippen molar-refractivity contribution >= 4 is 23.3 Å². The molecule has 1 aromatic carbocycles. The Morgan fingerprint density at radius 3 is 2.71 bits per heavy atom. The van der Waals surface area contributed by atoms with Crippen molar-refractivity contribution in [1.82, 2.24) is 5.32 Å². The van der Waals surface area contributed by atoms with Crippen LogP contribution in [-0.4, -0.2) is 47.7 Å². The van der Waals surface area contributed by atoms with Crippen LogP contribution in [0.4, 0.5) is 11.4 Å². The van der Waals surface area contributed by atoms with E-state index in [1.54, 1.807) is 0 Å². The number of hydrogen-bond acceptors (Lipinski definition) is 7. The number of ether oxygens (including phenoxy) is 1. The van der Waals surface area contributed by atoms with E-state index < -0.39 is 23.4 Å². The van der Waals surface area contributed by atoms with E-state index in [2.05, 4.69) is 10.6 Å². The van der Waals surface area contributed by atoms with Crippen LogP contribution >= 0.6 is 0 Å². The van der Waals surface area contributed by atoms with E-state index in [1.807, 2.05) is 13.8 Å². The molecular formula is C15H21N3O6. The number of nitro benzene ring substituents is 1. The number of carbonyl (C=O) groups is 2. The molecule has 0 heterocycles. The number of carbonyl (C=O) groups excluding carboxylic acids is 2. The SMILES string of the molecule is CC[C@@H](C)NC(=O)COC(=O)c1cc([N+](=O)[O-])ccc1NCCO. The molecule has 0 aliphatic carbocycles. The fraction of sp³-hybridized carbons (Fsp3) is 0.467. The number of aliphatic hydroxyl groups is 1. The lowest BCUT2D eigenvalue weighted by Gasteiger charge is -2.13. The van der Waals surface area contributed by atoms with Gasteiger partial charge in [-0.05, 0) is 19.4 Å². The largest absolute Gasteiger partial charge is 0.452 e. The van der Waals surface area contributed by atoms with Crippen LogP contribution in [0.2, 0.25) is 0 Å². The summed E-state index contributed by atoms with van der Waals surface area (Å²) in [6, 6.07) is 3.60. The third kappa shape index (κ3) is 5.84. The monoisotopic (exact) mass is 339 g/mol. The molecule has 24 heavy (non-hydrogen) atoms. The number of non-ortho nitro benzene ring substituents is 1. The average molecular weight is 339 g/mol. The van der Waals surface area contributed by atoms with E-state index in [4.69, 9.17) is 9.84 Å². The summed E-state index contributed by atoms with van der Waals surface area (Å²) in [5.41, 5.74) is -0.0727. The summed E-state index contributed by atoms with van der Waals surface area (Å²) in [5, 5.41) is 25.1. The van der Waals surface area contributed by atoms with E-state index in [1.165, 1.54) is 12.1 Å². The minimum absolute atomic E-state index is 0.0456. The average Bonchev–Trinajstić information content (AvgIpc) is 2.57. The van der Waals surface area contributed by atoms with E-state index in [0.29, 0.717) is 0 Å². The van der Waals surface area contributed by atoms with Gasteiger partial charge in [-0.15, -0.1) is 0 Å². The smallest absolute Gasteiger partial charge is 0.341 e. The number of aliphatic hydroxyl groups excluding tert-OH is 1. The Morgan fingerprint density at radius 1 is 1.42 bits per heavy atom. The predicted molar refractivity (Wildman–Crippen MR) is 86.9 cm³/mol. The number of hydrogen-bond donors (Lipinski definition) is 3. The van der Waals surface area contributed by atoms with Crippen molar-refractivity contribution < 1.29 is 24.4 Å². The topological polar surface area (TPSA) is 131 Å². The number of anilines is 1. The normalized spacial score (nSPS) is 11.5. The Hall–Kier alpha value is -2.68. The third-order valence-electron chi connectivity index (χ3n) is 3.22. The first-order valence-corrected chi connectivity index (χ1v) is 7.48. The van der Waals surface area contributed by atoms with Crippen LogP contribution in [-0.2, 0) is 9.53 Å². The molecule has 0 aromatic heterocycles. The highest BCUT2D eigenvalue weighted by atomic mass is 16.6. The molecule has 0 aliphatic rings. The molecule has 0 saturated heterocycles. The maximum Gasteiger partial charge on any atom is 0.341 e. The molecule has 0 unspecified atom stereocenters. The van der Waals surface area contributed by atoms with Gasteiger partial charge in [0.1, 0.15) is 0 Å². The Morgan fingerprint density at radius 2 is 2.12 bits per heavy atom. The summed E-state index contributed by atoms with van der Waals surface area (Å²) in [6.07, 6.45) is 0.736. The van der Waals surface area contributed by atoms with Crippen molar-refractivity contribution in [3.63, 3.8) is 0 Å². The molecule has 0 saturated carbocycles. The number of nitro groups is 1. The van der Waals surface area contributed by atoms with Crippen LogP contribution in [0.15, 0.2) is 18.2 Å². The lowest BCUT2D eigenvalue weighted by atomic mass is 10.1.